The Morgan fingerprint density at radius 3 is 1.64 bits per heavy atom. The molecule has 1 heterocycles. The topological polar surface area (TPSA) is 49.4 Å². The first kappa shape index (κ1) is 26.2. The van der Waals surface area contributed by atoms with Crippen molar-refractivity contribution in [1.82, 2.24) is 9.88 Å². The van der Waals surface area contributed by atoms with Crippen LogP contribution in [-0.2, 0) is 14.3 Å². The van der Waals surface area contributed by atoms with Gasteiger partial charge >= 0.3 is 0 Å². The molecule has 0 radical (unpaired) electrons. The molecule has 0 saturated carbocycles. The second-order valence-corrected chi connectivity index (χ2v) is 14.3. The molecule has 1 saturated heterocycles. The smallest absolute Gasteiger partial charge is 0.240 e. The molecule has 4 nitrogen and oxygen atoms in total. The van der Waals surface area contributed by atoms with Crippen LogP contribution < -0.4 is 5.32 Å². The highest BCUT2D eigenvalue weighted by molar-refractivity contribution is 8.01. The number of nitrogens with one attached hydrogen (secondary N) is 1. The van der Waals surface area contributed by atoms with E-state index in [1.807, 2.05) is 18.2 Å². The minimum absolute atomic E-state index is 0.0496. The fourth-order valence-corrected chi connectivity index (χ4v) is 8.82. The number of nitrogens with zero attached hydrogens (tertiary/aromatic N) is 1. The average molecular weight is 517 g/mol. The van der Waals surface area contributed by atoms with Gasteiger partial charge in [-0.2, -0.15) is 0 Å². The Balaban J connectivity index is 1.86. The number of amides is 2. The average Bonchev–Trinajstić information content (AvgIpc) is 2.88. The summed E-state index contributed by atoms with van der Waals surface area (Å²) in [5.74, 6) is -0.123. The van der Waals surface area contributed by atoms with Gasteiger partial charge in [-0.1, -0.05) is 119 Å². The lowest BCUT2D eigenvalue weighted by Gasteiger charge is -2.52. The van der Waals surface area contributed by atoms with E-state index in [0.29, 0.717) is 5.54 Å². The number of hydrogen-bond acceptors (Lipinski definition) is 3. The number of carbonyl (C=O) groups is 2. The lowest BCUT2D eigenvalue weighted by molar-refractivity contribution is -0.141. The van der Waals surface area contributed by atoms with E-state index < -0.39 is 20.5 Å². The fourth-order valence-electron chi connectivity index (χ4n) is 4.67. The van der Waals surface area contributed by atoms with Gasteiger partial charge in [-0.05, 0) is 27.6 Å². The Morgan fingerprint density at radius 2 is 1.28 bits per heavy atom. The number of hydrogen-bond donors (Lipinski definition) is 1. The van der Waals surface area contributed by atoms with Crippen molar-refractivity contribution in [3.8, 4) is 0 Å². The number of rotatable bonds is 8. The van der Waals surface area contributed by atoms with Crippen LogP contribution in [0.3, 0.4) is 0 Å². The van der Waals surface area contributed by atoms with Crippen molar-refractivity contribution in [3.05, 3.63) is 108 Å². The number of β-lactam (4-membered cyclic amide) rings is 1. The maximum atomic E-state index is 13.4. The van der Waals surface area contributed by atoms with Crippen molar-refractivity contribution in [3.63, 3.8) is 0 Å². The second-order valence-electron chi connectivity index (χ2n) is 10.7. The summed E-state index contributed by atoms with van der Waals surface area (Å²) in [7, 11) is -0.915. The monoisotopic (exact) mass is 516 g/mol. The zero-order valence-electron chi connectivity index (χ0n) is 21.8. The molecule has 0 spiro atoms. The van der Waals surface area contributed by atoms with Crippen molar-refractivity contribution in [2.75, 3.05) is 0 Å². The molecule has 4 rings (SSSR count). The zero-order chi connectivity index (χ0) is 25.9. The third-order valence-corrected chi connectivity index (χ3v) is 12.3. The molecule has 0 aliphatic carbocycles. The summed E-state index contributed by atoms with van der Waals surface area (Å²) >= 11 is 1.78. The summed E-state index contributed by atoms with van der Waals surface area (Å²) in [4.78, 5) is 25.5. The first-order valence-corrected chi connectivity index (χ1v) is 14.9. The molecule has 188 valence electrons. The van der Waals surface area contributed by atoms with E-state index in [-0.39, 0.29) is 22.6 Å². The lowest BCUT2D eigenvalue weighted by atomic mass is 9.84. The van der Waals surface area contributed by atoms with E-state index in [2.05, 4.69) is 110 Å². The number of thioether (sulfide) groups is 1. The fraction of sp³-hybridized carbons (Fsp3) is 0.333. The van der Waals surface area contributed by atoms with Crippen LogP contribution in [-0.4, -0.2) is 37.5 Å². The number of benzene rings is 3. The van der Waals surface area contributed by atoms with Crippen LogP contribution >= 0.6 is 11.8 Å². The van der Waals surface area contributed by atoms with Gasteiger partial charge < -0.3 is 9.88 Å². The largest absolute Gasteiger partial charge is 0.359 e. The zero-order valence-corrected chi connectivity index (χ0v) is 24.0. The van der Waals surface area contributed by atoms with E-state index in [4.69, 9.17) is 0 Å². The highest BCUT2D eigenvalue weighted by Gasteiger charge is 2.53. The second kappa shape index (κ2) is 10.6. The lowest BCUT2D eigenvalue weighted by Crippen LogP contribution is -2.71. The first-order valence-electron chi connectivity index (χ1n) is 12.6. The minimum atomic E-state index is -0.915. The molecule has 6 heteroatoms. The van der Waals surface area contributed by atoms with E-state index in [0.717, 1.165) is 16.7 Å². The summed E-state index contributed by atoms with van der Waals surface area (Å²) < 4.78 is 1.55. The van der Waals surface area contributed by atoms with Crippen LogP contribution in [0.25, 0.3) is 0 Å². The van der Waals surface area contributed by atoms with Gasteiger partial charge in [-0.25, -0.2) is 0 Å². The molecule has 3 atom stereocenters. The van der Waals surface area contributed by atoms with Gasteiger partial charge in [-0.15, -0.1) is 11.8 Å². The SMILES string of the molecule is CC(=O)N[C@@H]1C(=O)N([SiH2]C(C)C(C)(C)C)[C@@H]1SC(c1ccccc1)(c1ccccc1)c1ccccc1. The maximum Gasteiger partial charge on any atom is 0.240 e. The third kappa shape index (κ3) is 5.16. The maximum absolute atomic E-state index is 13.4. The molecule has 1 aliphatic heterocycles. The van der Waals surface area contributed by atoms with Crippen molar-refractivity contribution in [2.45, 2.75) is 56.3 Å². The van der Waals surface area contributed by atoms with Gasteiger partial charge in [0.05, 0.1) is 4.75 Å². The van der Waals surface area contributed by atoms with Crippen LogP contribution in [0.2, 0.25) is 5.54 Å². The Hall–Kier alpha value is -2.83. The van der Waals surface area contributed by atoms with Crippen LogP contribution in [0.15, 0.2) is 91.0 Å². The van der Waals surface area contributed by atoms with Crippen LogP contribution in [0.1, 0.15) is 51.3 Å². The molecule has 3 aromatic rings. The van der Waals surface area contributed by atoms with Crippen molar-refractivity contribution >= 4 is 33.3 Å². The summed E-state index contributed by atoms with van der Waals surface area (Å²) in [6, 6.07) is 31.0. The Kier molecular flexibility index (Phi) is 7.76. The molecule has 0 bridgehead atoms. The van der Waals surface area contributed by atoms with Crippen molar-refractivity contribution in [2.24, 2.45) is 5.41 Å². The summed E-state index contributed by atoms with van der Waals surface area (Å²) in [5, 5.41) is 2.82. The summed E-state index contributed by atoms with van der Waals surface area (Å²) in [5.41, 5.74) is 4.01. The normalized spacial score (nSPS) is 19.2. The Morgan fingerprint density at radius 1 is 0.861 bits per heavy atom. The quantitative estimate of drug-likeness (QED) is 0.250. The standard InChI is InChI=1S/C30H36N2O2SSi/c1-21(29(3,4)5)36-32-27(34)26(31-22(2)33)28(32)35-30(23-15-9-6-10-16-23,24-17-11-7-12-18-24)25-19-13-8-14-20-25/h6-21,26,28H,36H2,1-5H3,(H,31,33)/t21?,26-,28-/m1/s1. The molecular weight excluding hydrogens is 480 g/mol. The molecule has 2 amide bonds. The van der Waals surface area contributed by atoms with Gasteiger partial charge in [0.15, 0.2) is 0 Å². The molecule has 1 aliphatic rings. The highest BCUT2D eigenvalue weighted by atomic mass is 32.2. The minimum Gasteiger partial charge on any atom is -0.359 e. The molecule has 3 aromatic carbocycles. The summed E-state index contributed by atoms with van der Waals surface area (Å²) in [6.45, 7) is 10.5. The highest BCUT2D eigenvalue weighted by Crippen LogP contribution is 2.53. The Bertz CT molecular complexity index is 1090. The third-order valence-electron chi connectivity index (χ3n) is 7.29. The van der Waals surface area contributed by atoms with Gasteiger partial charge in [-0.3, -0.25) is 9.59 Å². The molecular formula is C30H36N2O2SSi. The van der Waals surface area contributed by atoms with E-state index in [1.165, 1.54) is 6.92 Å². The molecule has 1 unspecified atom stereocenters. The van der Waals surface area contributed by atoms with Gasteiger partial charge in [0.1, 0.15) is 21.1 Å². The predicted octanol–water partition coefficient (Wildman–Crippen LogP) is 5.32. The molecule has 0 aromatic heterocycles. The first-order chi connectivity index (χ1) is 17.1. The van der Waals surface area contributed by atoms with Crippen LogP contribution in [0, 0.1) is 5.41 Å². The van der Waals surface area contributed by atoms with Crippen LogP contribution in [0.4, 0.5) is 0 Å². The van der Waals surface area contributed by atoms with E-state index in [1.54, 1.807) is 11.8 Å². The van der Waals surface area contributed by atoms with Crippen molar-refractivity contribution in [1.29, 1.82) is 0 Å². The Labute approximate surface area is 221 Å². The van der Waals surface area contributed by atoms with Crippen LogP contribution in [0.5, 0.6) is 0 Å². The molecule has 1 N–H and O–H groups in total. The van der Waals surface area contributed by atoms with Gasteiger partial charge in [0.25, 0.3) is 0 Å². The predicted molar refractivity (Wildman–Crippen MR) is 152 cm³/mol. The van der Waals surface area contributed by atoms with Gasteiger partial charge in [0.2, 0.25) is 11.8 Å². The molecule has 1 fully saturated rings. The van der Waals surface area contributed by atoms with E-state index in [9.17, 15) is 9.59 Å². The molecule has 36 heavy (non-hydrogen) atoms. The number of carbonyl (C=O) groups excluding carboxylic acids is 2. The summed E-state index contributed by atoms with van der Waals surface area (Å²) in [6.07, 6.45) is 0. The van der Waals surface area contributed by atoms with Gasteiger partial charge in [0, 0.05) is 6.92 Å². The van der Waals surface area contributed by atoms with Crippen molar-refractivity contribution < 1.29 is 9.59 Å². The van der Waals surface area contributed by atoms with E-state index >= 15 is 0 Å².